The first kappa shape index (κ1) is 52.8. The highest BCUT2D eigenvalue weighted by Gasteiger charge is 2.50. The molecule has 7 rings (SSSR count). The lowest BCUT2D eigenvalue weighted by Gasteiger charge is -2.42. The molecule has 6 N–H and O–H groups in total. The molecule has 11 atom stereocenters. The van der Waals surface area contributed by atoms with E-state index in [1.807, 2.05) is 13.8 Å². The number of hydrogen-bond donors (Lipinski definition) is 6. The van der Waals surface area contributed by atoms with Gasteiger partial charge in [0.15, 0.2) is 5.75 Å². The monoisotopic (exact) mass is 971 g/mol. The lowest BCUT2D eigenvalue weighted by Crippen LogP contribution is -2.54. The standard InChI is InChI=1S/C51H65N5O14/c1-25-13-12-14-26(2)50(64)53-41-36(21-52-55-27(3)22-54(23-28(55)4)24-34-15-17-35(18-16-34)56(65)66)45(61)38-39(46(41)62)44(60)32(8)48-40(38)49(63)51(10,70-48)68-20-19-37(67-11)29(5)47(69-33(9)57)31(7)43(59)30(6)42(25)58/h12-21,25,27-31,37,42-43,47,58-62H,22-24H2,1-11H3,(H,53,64)/b13-12?,20-19?,26-14?,52-21+. The number of ether oxygens (including phenoxy) is 4. The fourth-order valence-corrected chi connectivity index (χ4v) is 9.76. The number of phenols is 3. The molecule has 70 heavy (non-hydrogen) atoms. The molecule has 0 saturated carbocycles. The molecule has 1 fully saturated rings. The van der Waals surface area contributed by atoms with Crippen molar-refractivity contribution in [2.75, 3.05) is 25.5 Å². The van der Waals surface area contributed by atoms with Gasteiger partial charge >= 0.3 is 11.8 Å². The second-order valence-corrected chi connectivity index (χ2v) is 19.1. The molecule has 3 aromatic rings. The van der Waals surface area contributed by atoms with Crippen LogP contribution in [0.15, 0.2) is 65.5 Å². The van der Waals surface area contributed by atoms with Crippen LogP contribution in [0.2, 0.25) is 0 Å². The quantitative estimate of drug-likeness (QED) is 0.0364. The lowest BCUT2D eigenvalue weighted by atomic mass is 9.78. The molecule has 0 spiro atoms. The molecule has 0 aromatic heterocycles. The van der Waals surface area contributed by atoms with Gasteiger partial charge in [-0.25, -0.2) is 0 Å². The van der Waals surface area contributed by atoms with E-state index in [-0.39, 0.29) is 62.2 Å². The molecular formula is C51H65N5O14. The number of ketones is 1. The Hall–Kier alpha value is -6.54. The number of Topliss-reactive ketones (excluding diaryl/α,β-unsaturated/α-hetero) is 1. The van der Waals surface area contributed by atoms with E-state index >= 15 is 0 Å². The number of methoxy groups -OCH3 is 1. The second-order valence-electron chi connectivity index (χ2n) is 19.1. The molecule has 3 aromatic carbocycles. The molecule has 378 valence electrons. The van der Waals surface area contributed by atoms with E-state index < -0.39 is 93.7 Å². The Morgan fingerprint density at radius 3 is 2.19 bits per heavy atom. The number of phenolic OH excluding ortho intramolecular Hbond substituents is 3. The van der Waals surface area contributed by atoms with Gasteiger partial charge in [0.1, 0.15) is 23.4 Å². The minimum absolute atomic E-state index is 0.00438. The summed E-state index contributed by atoms with van der Waals surface area (Å²) in [5.74, 6) is -8.81. The zero-order valence-corrected chi connectivity index (χ0v) is 41.4. The molecule has 0 radical (unpaired) electrons. The van der Waals surface area contributed by atoms with Crippen molar-refractivity contribution in [2.45, 2.75) is 118 Å². The topological polar surface area (TPSA) is 263 Å². The van der Waals surface area contributed by atoms with Gasteiger partial charge in [0, 0.05) is 92.9 Å². The predicted molar refractivity (Wildman–Crippen MR) is 261 cm³/mol. The van der Waals surface area contributed by atoms with Crippen LogP contribution in [0.3, 0.4) is 0 Å². The van der Waals surface area contributed by atoms with Gasteiger partial charge in [0.25, 0.3) is 17.4 Å². The van der Waals surface area contributed by atoms with Crippen molar-refractivity contribution in [3.05, 3.63) is 92.8 Å². The van der Waals surface area contributed by atoms with Gasteiger partial charge in [-0.3, -0.25) is 34.4 Å². The number of nitrogens with zero attached hydrogens (tertiary/aromatic N) is 4. The van der Waals surface area contributed by atoms with E-state index in [9.17, 15) is 50.0 Å². The van der Waals surface area contributed by atoms with Gasteiger partial charge in [0.05, 0.1) is 70.0 Å². The summed E-state index contributed by atoms with van der Waals surface area (Å²) >= 11 is 0. The summed E-state index contributed by atoms with van der Waals surface area (Å²) in [5.41, 5.74) is 0.292. The zero-order valence-electron chi connectivity index (χ0n) is 41.4. The van der Waals surface area contributed by atoms with Crippen molar-refractivity contribution >= 4 is 46.0 Å². The number of esters is 1. The Labute approximate surface area is 406 Å². The molecule has 4 aliphatic heterocycles. The first-order chi connectivity index (χ1) is 32.9. The number of hydrazone groups is 1. The van der Waals surface area contributed by atoms with Gasteiger partial charge < -0.3 is 49.8 Å². The Balaban J connectivity index is 1.46. The van der Waals surface area contributed by atoms with Crippen molar-refractivity contribution in [1.82, 2.24) is 9.91 Å². The smallest absolute Gasteiger partial charge is 0.312 e. The third-order valence-electron chi connectivity index (χ3n) is 13.9. The number of aliphatic hydroxyl groups is 2. The number of rotatable bonds is 7. The molecule has 4 heterocycles. The van der Waals surface area contributed by atoms with Crippen LogP contribution in [0.25, 0.3) is 10.8 Å². The van der Waals surface area contributed by atoms with Crippen LogP contribution in [0.1, 0.15) is 89.4 Å². The third kappa shape index (κ3) is 10.5. The normalized spacial score (nSPS) is 29.3. The van der Waals surface area contributed by atoms with E-state index in [0.717, 1.165) is 5.56 Å². The molecule has 5 bridgehead atoms. The number of aliphatic hydroxyl groups excluding tert-OH is 2. The highest BCUT2D eigenvalue weighted by atomic mass is 16.7. The predicted octanol–water partition coefficient (Wildman–Crippen LogP) is 6.59. The van der Waals surface area contributed by atoms with Crippen LogP contribution in [-0.4, -0.2) is 127 Å². The largest absolute Gasteiger partial charge is 0.507 e. The van der Waals surface area contributed by atoms with Gasteiger partial charge in [-0.15, -0.1) is 0 Å². The van der Waals surface area contributed by atoms with Gasteiger partial charge in [-0.1, -0.05) is 58.1 Å². The van der Waals surface area contributed by atoms with Gasteiger partial charge in [0.2, 0.25) is 0 Å². The fraction of sp³-hybridized carbons (Fsp3) is 0.490. The maximum absolute atomic E-state index is 14.7. The van der Waals surface area contributed by atoms with Crippen LogP contribution in [0.5, 0.6) is 23.0 Å². The number of aromatic hydroxyl groups is 3. The molecule has 4 aliphatic rings. The number of carbonyl (C=O) groups is 3. The minimum atomic E-state index is -2.10. The number of piperazine rings is 1. The van der Waals surface area contributed by atoms with Crippen molar-refractivity contribution in [1.29, 1.82) is 0 Å². The maximum atomic E-state index is 14.7. The zero-order chi connectivity index (χ0) is 51.7. The van der Waals surface area contributed by atoms with Gasteiger partial charge in [-0.2, -0.15) is 5.10 Å². The number of non-ortho nitro benzene ring substituents is 1. The molecular weight excluding hydrogens is 907 g/mol. The average molecular weight is 972 g/mol. The average Bonchev–Trinajstić information content (AvgIpc) is 3.57. The summed E-state index contributed by atoms with van der Waals surface area (Å²) in [6.45, 7) is 17.9. The molecule has 1 amide bonds. The van der Waals surface area contributed by atoms with Crippen molar-refractivity contribution in [3.63, 3.8) is 0 Å². The van der Waals surface area contributed by atoms with Gasteiger partial charge in [-0.05, 0) is 39.3 Å². The summed E-state index contributed by atoms with van der Waals surface area (Å²) in [6, 6.07) is 5.91. The summed E-state index contributed by atoms with van der Waals surface area (Å²) in [5, 5.41) is 79.2. The maximum Gasteiger partial charge on any atom is 0.312 e. The molecule has 0 aliphatic carbocycles. The Morgan fingerprint density at radius 1 is 0.943 bits per heavy atom. The van der Waals surface area contributed by atoms with E-state index in [0.29, 0.717) is 19.6 Å². The van der Waals surface area contributed by atoms with Crippen LogP contribution >= 0.6 is 0 Å². The summed E-state index contributed by atoms with van der Waals surface area (Å²) in [7, 11) is 1.43. The highest BCUT2D eigenvalue weighted by molar-refractivity contribution is 6.23. The van der Waals surface area contributed by atoms with E-state index in [1.54, 1.807) is 57.0 Å². The van der Waals surface area contributed by atoms with E-state index in [2.05, 4.69) is 10.2 Å². The summed E-state index contributed by atoms with van der Waals surface area (Å²) in [4.78, 5) is 54.0. The Kier molecular flexibility index (Phi) is 16.0. The second kappa shape index (κ2) is 21.2. The van der Waals surface area contributed by atoms with E-state index in [1.165, 1.54) is 71.6 Å². The summed E-state index contributed by atoms with van der Waals surface area (Å²) in [6.07, 6.45) is 4.63. The van der Waals surface area contributed by atoms with Crippen LogP contribution in [0.4, 0.5) is 11.4 Å². The number of amides is 1. The first-order valence-electron chi connectivity index (χ1n) is 23.3. The van der Waals surface area contributed by atoms with Crippen LogP contribution in [0, 0.1) is 40.7 Å². The number of anilines is 1. The Morgan fingerprint density at radius 2 is 1.59 bits per heavy atom. The lowest BCUT2D eigenvalue weighted by molar-refractivity contribution is -0.384. The van der Waals surface area contributed by atoms with Crippen LogP contribution < -0.4 is 10.1 Å². The Bertz CT molecular complexity index is 2620. The number of nitrogens with one attached hydrogen (secondary N) is 1. The summed E-state index contributed by atoms with van der Waals surface area (Å²) < 4.78 is 23.8. The number of nitro groups is 1. The van der Waals surface area contributed by atoms with Crippen LogP contribution in [-0.2, 0) is 30.3 Å². The SMILES string of the molecule is COC1C=COC2(C)Oc3c(C)c(O)c4c(O)c(c(/C=N/N5C(C)CN(Cc6ccc([N+](=O)[O-])cc6)CC5C)c(O)c4c3C2=O)NC(=O)C(C)=CC=CC(C)C(O)C(C)C(O)C(C)C(OC(C)=O)C1C. The fourth-order valence-electron chi connectivity index (χ4n) is 9.76. The molecule has 19 nitrogen and oxygen atoms in total. The number of carbonyl (C=O) groups excluding carboxylic acids is 3. The third-order valence-corrected chi connectivity index (χ3v) is 13.9. The number of nitro benzene ring substituents is 1. The first-order valence-corrected chi connectivity index (χ1v) is 23.3. The van der Waals surface area contributed by atoms with Crippen molar-refractivity contribution in [3.8, 4) is 23.0 Å². The molecule has 19 heteroatoms. The van der Waals surface area contributed by atoms with Crippen molar-refractivity contribution in [2.24, 2.45) is 28.8 Å². The number of fused-ring (bicyclic) bond motifs is 14. The number of hydrogen-bond acceptors (Lipinski definition) is 17. The molecule has 1 saturated heterocycles. The van der Waals surface area contributed by atoms with E-state index in [4.69, 9.17) is 24.0 Å². The number of allylic oxidation sites excluding steroid dienone is 2. The molecule has 11 unspecified atom stereocenters. The van der Waals surface area contributed by atoms with Crippen molar-refractivity contribution < 1.29 is 63.8 Å². The minimum Gasteiger partial charge on any atom is -0.507 e. The number of benzene rings is 3. The highest BCUT2D eigenvalue weighted by Crippen LogP contribution is 2.55.